The Balaban J connectivity index is 4.66. The average Bonchev–Trinajstić information content (AvgIpc) is 1.81. The van der Waals surface area contributed by atoms with Crippen LogP contribution in [-0.2, 0) is 4.12 Å². The van der Waals surface area contributed by atoms with Crippen molar-refractivity contribution < 1.29 is 4.12 Å². The van der Waals surface area contributed by atoms with Crippen molar-refractivity contribution in [1.82, 2.24) is 0 Å². The first-order valence-corrected chi connectivity index (χ1v) is 10.7. The van der Waals surface area contributed by atoms with Gasteiger partial charge in [-0.2, -0.15) is 0 Å². The smallest absolute Gasteiger partial charge is 0.226 e. The molecule has 1 atom stereocenters. The molecule has 1 unspecified atom stereocenters. The van der Waals surface area contributed by atoms with E-state index in [2.05, 4.69) is 52.3 Å². The quantitative estimate of drug-likeness (QED) is 0.649. The molecule has 0 aliphatic carbocycles. The molecule has 0 aliphatic heterocycles. The van der Waals surface area contributed by atoms with E-state index >= 15 is 0 Å². The summed E-state index contributed by atoms with van der Waals surface area (Å²) in [5.74, 6) is 0. The third-order valence-electron chi connectivity index (χ3n) is 1.51. The molecule has 0 heterocycles. The Morgan fingerprint density at radius 3 is 1.85 bits per heavy atom. The van der Waals surface area contributed by atoms with Crippen LogP contribution in [0.5, 0.6) is 0 Å². The van der Waals surface area contributed by atoms with E-state index in [9.17, 15) is 0 Å². The zero-order valence-corrected chi connectivity index (χ0v) is 11.8. The summed E-state index contributed by atoms with van der Waals surface area (Å²) in [5, 5.41) is 0. The van der Waals surface area contributed by atoms with Crippen LogP contribution in [0.4, 0.5) is 0 Å². The van der Waals surface area contributed by atoms with Crippen molar-refractivity contribution >= 4 is 16.6 Å². The van der Waals surface area contributed by atoms with Crippen molar-refractivity contribution in [2.24, 2.45) is 0 Å². The fourth-order valence-corrected chi connectivity index (χ4v) is 8.47. The molecule has 0 aromatic heterocycles. The molecule has 3 heteroatoms. The van der Waals surface area contributed by atoms with Gasteiger partial charge in [-0.05, 0) is 40.0 Å². The van der Waals surface area contributed by atoms with E-state index < -0.39 is 16.6 Å². The van der Waals surface area contributed by atoms with Gasteiger partial charge in [0.15, 0.2) is 8.32 Å². The maximum Gasteiger partial charge on any atom is 0.226 e. The van der Waals surface area contributed by atoms with Crippen LogP contribution in [0.2, 0.25) is 26.2 Å². The third-order valence-corrected chi connectivity index (χ3v) is 7.68. The van der Waals surface area contributed by atoms with Gasteiger partial charge in [-0.25, -0.2) is 0 Å². The first-order valence-electron chi connectivity index (χ1n) is 4.68. The highest BCUT2D eigenvalue weighted by molar-refractivity contribution is 6.90. The highest BCUT2D eigenvalue weighted by Gasteiger charge is 2.29. The van der Waals surface area contributed by atoms with E-state index in [1.807, 2.05) is 5.70 Å². The third kappa shape index (κ3) is 6.01. The van der Waals surface area contributed by atoms with Crippen molar-refractivity contribution in [3.05, 3.63) is 23.6 Å². The summed E-state index contributed by atoms with van der Waals surface area (Å²) >= 11 is 0. The molecule has 13 heavy (non-hydrogen) atoms. The molecule has 1 nitrogen and oxygen atoms in total. The van der Waals surface area contributed by atoms with Crippen LogP contribution < -0.4 is 0 Å². The lowest BCUT2D eigenvalue weighted by molar-refractivity contribution is 0.570. The molecule has 0 N–H and O–H groups in total. The van der Waals surface area contributed by atoms with Gasteiger partial charge in [-0.15, -0.1) is 6.58 Å². The Morgan fingerprint density at radius 1 is 1.15 bits per heavy atom. The zero-order chi connectivity index (χ0) is 10.7. The Bertz CT molecular complexity index is 211. The second-order valence-corrected chi connectivity index (χ2v) is 12.9. The Labute approximate surface area is 84.8 Å². The summed E-state index contributed by atoms with van der Waals surface area (Å²) < 4.78 is 6.17. The summed E-state index contributed by atoms with van der Waals surface area (Å²) in [6.45, 7) is 17.0. The standard InChI is InChI=1S/C10H22OSi2/c1-8-13(7,9-10(2)3)11-12(4,5)6/h8-9H,1H2,2-7H3. The predicted molar refractivity (Wildman–Crippen MR) is 65.7 cm³/mol. The molecule has 0 spiro atoms. The molecule has 0 aromatic carbocycles. The van der Waals surface area contributed by atoms with Gasteiger partial charge < -0.3 is 4.12 Å². The van der Waals surface area contributed by atoms with E-state index in [1.165, 1.54) is 5.57 Å². The van der Waals surface area contributed by atoms with Gasteiger partial charge in [0.2, 0.25) is 8.32 Å². The van der Waals surface area contributed by atoms with Crippen molar-refractivity contribution in [2.45, 2.75) is 40.0 Å². The van der Waals surface area contributed by atoms with Crippen LogP contribution in [0.3, 0.4) is 0 Å². The Morgan fingerprint density at radius 2 is 1.62 bits per heavy atom. The average molecular weight is 214 g/mol. The summed E-state index contributed by atoms with van der Waals surface area (Å²) in [6.07, 6.45) is 0. The number of hydrogen-bond donors (Lipinski definition) is 0. The van der Waals surface area contributed by atoms with Crippen molar-refractivity contribution in [2.75, 3.05) is 0 Å². The fraction of sp³-hybridized carbons (Fsp3) is 0.600. The minimum absolute atomic E-state index is 1.33. The van der Waals surface area contributed by atoms with E-state index in [1.54, 1.807) is 0 Å². The van der Waals surface area contributed by atoms with E-state index in [-0.39, 0.29) is 0 Å². The number of allylic oxidation sites excluding steroid dienone is 1. The van der Waals surface area contributed by atoms with Crippen LogP contribution in [0.25, 0.3) is 0 Å². The molecule has 0 fully saturated rings. The fourth-order valence-electron chi connectivity index (χ4n) is 1.36. The van der Waals surface area contributed by atoms with Gasteiger partial charge in [-0.1, -0.05) is 17.0 Å². The zero-order valence-electron chi connectivity index (χ0n) is 9.77. The van der Waals surface area contributed by atoms with E-state index in [0.717, 1.165) is 0 Å². The lowest BCUT2D eigenvalue weighted by atomic mass is 10.4. The molecule has 0 rings (SSSR count). The van der Waals surface area contributed by atoms with Crippen LogP contribution in [-0.4, -0.2) is 16.6 Å². The molecule has 76 valence electrons. The van der Waals surface area contributed by atoms with E-state index in [4.69, 9.17) is 4.12 Å². The van der Waals surface area contributed by atoms with Crippen LogP contribution in [0, 0.1) is 0 Å². The Kier molecular flexibility index (Phi) is 4.35. The predicted octanol–water partition coefficient (Wildman–Crippen LogP) is 3.64. The lowest BCUT2D eigenvalue weighted by Crippen LogP contribution is -2.42. The normalized spacial score (nSPS) is 16.2. The van der Waals surface area contributed by atoms with Gasteiger partial charge in [0.25, 0.3) is 0 Å². The number of rotatable bonds is 4. The molecule has 0 bridgehead atoms. The lowest BCUT2D eigenvalue weighted by Gasteiger charge is -2.29. The van der Waals surface area contributed by atoms with Gasteiger partial charge in [0.05, 0.1) is 0 Å². The van der Waals surface area contributed by atoms with Gasteiger partial charge >= 0.3 is 0 Å². The highest BCUT2D eigenvalue weighted by Crippen LogP contribution is 2.17. The topological polar surface area (TPSA) is 9.23 Å². The van der Waals surface area contributed by atoms with Crippen molar-refractivity contribution in [1.29, 1.82) is 0 Å². The minimum atomic E-state index is -1.76. The number of hydrogen-bond acceptors (Lipinski definition) is 1. The molecular formula is C10H22OSi2. The van der Waals surface area contributed by atoms with Gasteiger partial charge in [0, 0.05) is 0 Å². The van der Waals surface area contributed by atoms with Gasteiger partial charge in [-0.3, -0.25) is 0 Å². The molecule has 0 aromatic rings. The maximum absolute atomic E-state index is 6.17. The molecule has 0 aliphatic rings. The second kappa shape index (κ2) is 4.39. The second-order valence-electron chi connectivity index (χ2n) is 4.82. The van der Waals surface area contributed by atoms with Crippen LogP contribution in [0.15, 0.2) is 23.6 Å². The van der Waals surface area contributed by atoms with E-state index in [0.29, 0.717) is 0 Å². The maximum atomic E-state index is 6.17. The molecule has 0 radical (unpaired) electrons. The van der Waals surface area contributed by atoms with Crippen molar-refractivity contribution in [3.8, 4) is 0 Å². The summed E-state index contributed by atoms with van der Waals surface area (Å²) in [6, 6.07) is 0. The molecular weight excluding hydrogens is 192 g/mol. The highest BCUT2D eigenvalue weighted by atomic mass is 28.4. The van der Waals surface area contributed by atoms with Crippen LogP contribution in [0.1, 0.15) is 13.8 Å². The minimum Gasteiger partial charge on any atom is -0.450 e. The summed E-state index contributed by atoms with van der Waals surface area (Å²) in [7, 11) is -3.19. The SMILES string of the molecule is C=C[Si](C)(C=C(C)C)O[Si](C)(C)C. The first-order chi connectivity index (χ1) is 5.68. The molecule has 0 saturated heterocycles. The largest absolute Gasteiger partial charge is 0.450 e. The van der Waals surface area contributed by atoms with Crippen LogP contribution >= 0.6 is 0 Å². The Hall–Kier alpha value is -0.126. The summed E-state index contributed by atoms with van der Waals surface area (Å²) in [5.41, 5.74) is 5.60. The first kappa shape index (κ1) is 12.9. The monoisotopic (exact) mass is 214 g/mol. The van der Waals surface area contributed by atoms with Gasteiger partial charge in [0.1, 0.15) is 0 Å². The molecule has 0 saturated carbocycles. The summed E-state index contributed by atoms with van der Waals surface area (Å²) in [4.78, 5) is 0. The van der Waals surface area contributed by atoms with Crippen molar-refractivity contribution in [3.63, 3.8) is 0 Å². The molecule has 0 amide bonds.